The molecule has 1 aliphatic rings. The number of hydrogen-bond acceptors (Lipinski definition) is 3. The molecule has 4 N–H and O–H groups in total. The third-order valence-electron chi connectivity index (χ3n) is 2.09. The van der Waals surface area contributed by atoms with Gasteiger partial charge in [0.25, 0.3) is 0 Å². The highest BCUT2D eigenvalue weighted by atomic mass is 16.5. The number of rotatable bonds is 2. The van der Waals surface area contributed by atoms with E-state index >= 15 is 0 Å². The van der Waals surface area contributed by atoms with E-state index in [0.29, 0.717) is 0 Å². The standard InChI is InChI=1S/C8H16N4O/c1-13-7-4-2-3-6(5-7)11-12-8(9)10/h7H,2-5H2,1H3,(H4,9,10,12). The fourth-order valence-corrected chi connectivity index (χ4v) is 1.42. The first-order valence-electron chi connectivity index (χ1n) is 4.39. The minimum atomic E-state index is 0.00652. The van der Waals surface area contributed by atoms with Crippen molar-refractivity contribution in [2.24, 2.45) is 21.7 Å². The van der Waals surface area contributed by atoms with E-state index in [4.69, 9.17) is 16.2 Å². The molecule has 0 aromatic rings. The van der Waals surface area contributed by atoms with Crippen molar-refractivity contribution in [1.82, 2.24) is 0 Å². The number of nitrogens with two attached hydrogens (primary N) is 2. The topological polar surface area (TPSA) is 86.0 Å². The van der Waals surface area contributed by atoms with Gasteiger partial charge in [-0.3, -0.25) is 0 Å². The molecule has 0 saturated heterocycles. The van der Waals surface area contributed by atoms with E-state index in [-0.39, 0.29) is 12.1 Å². The number of ether oxygens (including phenoxy) is 1. The Labute approximate surface area is 77.8 Å². The molecule has 0 spiro atoms. The normalized spacial score (nSPS) is 25.9. The highest BCUT2D eigenvalue weighted by Crippen LogP contribution is 2.18. The summed E-state index contributed by atoms with van der Waals surface area (Å²) in [5, 5.41) is 7.58. The second-order valence-electron chi connectivity index (χ2n) is 3.15. The van der Waals surface area contributed by atoms with Gasteiger partial charge in [0.2, 0.25) is 5.96 Å². The molecule has 0 aliphatic heterocycles. The number of nitrogens with zero attached hydrogens (tertiary/aromatic N) is 2. The average Bonchev–Trinajstić information content (AvgIpc) is 2.15. The first kappa shape index (κ1) is 9.98. The van der Waals surface area contributed by atoms with Gasteiger partial charge in [-0.05, 0) is 19.3 Å². The Hall–Kier alpha value is -1.10. The van der Waals surface area contributed by atoms with Crippen LogP contribution in [0.4, 0.5) is 0 Å². The zero-order chi connectivity index (χ0) is 9.68. The predicted molar refractivity (Wildman–Crippen MR) is 52.5 cm³/mol. The van der Waals surface area contributed by atoms with E-state index in [9.17, 15) is 0 Å². The lowest BCUT2D eigenvalue weighted by atomic mass is 9.96. The first-order valence-corrected chi connectivity index (χ1v) is 4.39. The summed E-state index contributed by atoms with van der Waals surface area (Å²) in [7, 11) is 1.72. The fourth-order valence-electron chi connectivity index (χ4n) is 1.42. The molecule has 1 fully saturated rings. The van der Waals surface area contributed by atoms with Crippen molar-refractivity contribution in [3.05, 3.63) is 0 Å². The predicted octanol–water partition coefficient (Wildman–Crippen LogP) is 0.205. The Balaban J connectivity index is 2.50. The van der Waals surface area contributed by atoms with E-state index in [1.54, 1.807) is 7.11 Å². The molecular formula is C8H16N4O. The molecule has 0 aromatic heterocycles. The van der Waals surface area contributed by atoms with Gasteiger partial charge in [-0.15, -0.1) is 5.10 Å². The van der Waals surface area contributed by atoms with Crippen LogP contribution in [0.5, 0.6) is 0 Å². The summed E-state index contributed by atoms with van der Waals surface area (Å²) in [5.74, 6) is 0.00652. The lowest BCUT2D eigenvalue weighted by Gasteiger charge is -2.20. The van der Waals surface area contributed by atoms with Crippen LogP contribution < -0.4 is 11.5 Å². The summed E-state index contributed by atoms with van der Waals surface area (Å²) in [5.41, 5.74) is 11.4. The summed E-state index contributed by atoms with van der Waals surface area (Å²) < 4.78 is 5.24. The van der Waals surface area contributed by atoms with Crippen LogP contribution in [0.25, 0.3) is 0 Å². The van der Waals surface area contributed by atoms with Gasteiger partial charge in [0, 0.05) is 19.2 Å². The third kappa shape index (κ3) is 3.42. The van der Waals surface area contributed by atoms with E-state index in [1.165, 1.54) is 0 Å². The SMILES string of the molecule is COC1CCCC(=NN=C(N)N)C1. The van der Waals surface area contributed by atoms with Crippen molar-refractivity contribution in [3.8, 4) is 0 Å². The molecule has 13 heavy (non-hydrogen) atoms. The van der Waals surface area contributed by atoms with Crippen LogP contribution in [0, 0.1) is 0 Å². The van der Waals surface area contributed by atoms with Gasteiger partial charge >= 0.3 is 0 Å². The molecule has 5 nitrogen and oxygen atoms in total. The molecule has 74 valence electrons. The number of hydrogen-bond donors (Lipinski definition) is 2. The van der Waals surface area contributed by atoms with Gasteiger partial charge < -0.3 is 16.2 Å². The molecule has 0 radical (unpaired) electrons. The summed E-state index contributed by atoms with van der Waals surface area (Å²) in [6, 6.07) is 0. The molecule has 1 unspecified atom stereocenters. The second-order valence-corrected chi connectivity index (χ2v) is 3.15. The quantitative estimate of drug-likeness (QED) is 0.365. The lowest BCUT2D eigenvalue weighted by molar-refractivity contribution is 0.0942. The van der Waals surface area contributed by atoms with Crippen LogP contribution in [-0.4, -0.2) is 24.9 Å². The molecule has 0 aromatic carbocycles. The van der Waals surface area contributed by atoms with Crippen molar-refractivity contribution in [3.63, 3.8) is 0 Å². The van der Waals surface area contributed by atoms with Crippen molar-refractivity contribution >= 4 is 11.7 Å². The Morgan fingerprint density at radius 3 is 2.92 bits per heavy atom. The van der Waals surface area contributed by atoms with Crippen LogP contribution in [-0.2, 0) is 4.74 Å². The fraction of sp³-hybridized carbons (Fsp3) is 0.750. The average molecular weight is 184 g/mol. The maximum absolute atomic E-state index is 5.24. The Bertz CT molecular complexity index is 220. The Kier molecular flexibility index (Phi) is 3.70. The van der Waals surface area contributed by atoms with E-state index in [1.807, 2.05) is 0 Å². The number of guanidine groups is 1. The molecule has 1 atom stereocenters. The van der Waals surface area contributed by atoms with Gasteiger partial charge in [0.05, 0.1) is 6.10 Å². The van der Waals surface area contributed by atoms with Gasteiger partial charge in [-0.25, -0.2) is 0 Å². The van der Waals surface area contributed by atoms with Gasteiger partial charge in [0.1, 0.15) is 0 Å². The summed E-state index contributed by atoms with van der Waals surface area (Å²) >= 11 is 0. The summed E-state index contributed by atoms with van der Waals surface area (Å²) in [6.07, 6.45) is 4.28. The van der Waals surface area contributed by atoms with E-state index < -0.39 is 0 Å². The van der Waals surface area contributed by atoms with Crippen molar-refractivity contribution < 1.29 is 4.74 Å². The largest absolute Gasteiger partial charge is 0.381 e. The smallest absolute Gasteiger partial charge is 0.211 e. The molecule has 1 rings (SSSR count). The van der Waals surface area contributed by atoms with Crippen molar-refractivity contribution in [2.75, 3.05) is 7.11 Å². The maximum atomic E-state index is 5.24. The van der Waals surface area contributed by atoms with Crippen LogP contribution >= 0.6 is 0 Å². The zero-order valence-corrected chi connectivity index (χ0v) is 7.86. The van der Waals surface area contributed by atoms with Crippen LogP contribution in [0.3, 0.4) is 0 Å². The Morgan fingerprint density at radius 1 is 1.54 bits per heavy atom. The van der Waals surface area contributed by atoms with Crippen LogP contribution in [0.15, 0.2) is 10.2 Å². The highest BCUT2D eigenvalue weighted by Gasteiger charge is 2.17. The van der Waals surface area contributed by atoms with E-state index in [0.717, 1.165) is 31.4 Å². The molecule has 0 heterocycles. The zero-order valence-electron chi connectivity index (χ0n) is 7.86. The van der Waals surface area contributed by atoms with Crippen LogP contribution in [0.2, 0.25) is 0 Å². The summed E-state index contributed by atoms with van der Waals surface area (Å²) in [4.78, 5) is 0. The second kappa shape index (κ2) is 4.81. The molecule has 0 bridgehead atoms. The van der Waals surface area contributed by atoms with Gasteiger partial charge in [-0.1, -0.05) is 0 Å². The van der Waals surface area contributed by atoms with Crippen molar-refractivity contribution in [2.45, 2.75) is 31.8 Å². The minimum absolute atomic E-state index is 0.00652. The molecule has 5 heteroatoms. The first-order chi connectivity index (χ1) is 6.22. The van der Waals surface area contributed by atoms with Gasteiger partial charge in [0.15, 0.2) is 0 Å². The third-order valence-corrected chi connectivity index (χ3v) is 2.09. The number of methoxy groups -OCH3 is 1. The van der Waals surface area contributed by atoms with Crippen molar-refractivity contribution in [1.29, 1.82) is 0 Å². The minimum Gasteiger partial charge on any atom is -0.381 e. The van der Waals surface area contributed by atoms with E-state index in [2.05, 4.69) is 10.2 Å². The molecule has 0 amide bonds. The van der Waals surface area contributed by atoms with Gasteiger partial charge in [-0.2, -0.15) is 5.10 Å². The Morgan fingerprint density at radius 2 is 2.31 bits per heavy atom. The highest BCUT2D eigenvalue weighted by molar-refractivity contribution is 5.86. The molecular weight excluding hydrogens is 168 g/mol. The lowest BCUT2D eigenvalue weighted by Crippen LogP contribution is -2.24. The molecule has 1 saturated carbocycles. The summed E-state index contributed by atoms with van der Waals surface area (Å²) in [6.45, 7) is 0. The maximum Gasteiger partial charge on any atom is 0.211 e. The monoisotopic (exact) mass is 184 g/mol. The molecule has 1 aliphatic carbocycles. The van der Waals surface area contributed by atoms with Crippen LogP contribution in [0.1, 0.15) is 25.7 Å².